The van der Waals surface area contributed by atoms with E-state index in [1.54, 1.807) is 18.1 Å². The van der Waals surface area contributed by atoms with Gasteiger partial charge in [-0.15, -0.1) is 0 Å². The number of nitrogens with zero attached hydrogens (tertiary/aromatic N) is 1. The number of carbonyl (C=O) groups excluding carboxylic acids is 1. The van der Waals surface area contributed by atoms with Crippen molar-refractivity contribution in [3.8, 4) is 11.5 Å². The number of amides is 1. The SMILES string of the molecule is COc1ccc([C@H](CC(C)C)NS(=O)(=O)c2ccc(OC)c(C(=O)N3CCCC3)c2)cc1. The van der Waals surface area contributed by atoms with Crippen LogP contribution in [0.3, 0.4) is 0 Å². The molecule has 174 valence electrons. The molecule has 1 amide bonds. The van der Waals surface area contributed by atoms with Gasteiger partial charge < -0.3 is 14.4 Å². The summed E-state index contributed by atoms with van der Waals surface area (Å²) in [7, 11) is -0.813. The van der Waals surface area contributed by atoms with E-state index in [-0.39, 0.29) is 22.3 Å². The summed E-state index contributed by atoms with van der Waals surface area (Å²) in [5.41, 5.74) is 1.12. The molecule has 1 heterocycles. The van der Waals surface area contributed by atoms with Gasteiger partial charge in [0.15, 0.2) is 0 Å². The summed E-state index contributed by atoms with van der Waals surface area (Å²) in [6.07, 6.45) is 2.53. The van der Waals surface area contributed by atoms with Crippen molar-refractivity contribution in [2.75, 3.05) is 27.3 Å². The molecule has 0 bridgehead atoms. The van der Waals surface area contributed by atoms with Crippen molar-refractivity contribution < 1.29 is 22.7 Å². The molecular weight excluding hydrogens is 428 g/mol. The number of rotatable bonds is 9. The largest absolute Gasteiger partial charge is 0.497 e. The fraction of sp³-hybridized carbons (Fsp3) is 0.458. The second-order valence-corrected chi connectivity index (χ2v) is 10.2. The summed E-state index contributed by atoms with van der Waals surface area (Å²) in [5, 5.41) is 0. The molecule has 1 saturated heterocycles. The highest BCUT2D eigenvalue weighted by atomic mass is 32.2. The first kappa shape index (κ1) is 24.1. The van der Waals surface area contributed by atoms with Gasteiger partial charge in [-0.3, -0.25) is 4.79 Å². The number of benzene rings is 2. The van der Waals surface area contributed by atoms with Crippen molar-refractivity contribution in [2.24, 2.45) is 5.92 Å². The minimum Gasteiger partial charge on any atom is -0.497 e. The van der Waals surface area contributed by atoms with Gasteiger partial charge in [-0.05, 0) is 61.1 Å². The molecule has 2 aromatic rings. The van der Waals surface area contributed by atoms with Gasteiger partial charge >= 0.3 is 0 Å². The Balaban J connectivity index is 1.92. The number of methoxy groups -OCH3 is 2. The highest BCUT2D eigenvalue weighted by molar-refractivity contribution is 7.89. The van der Waals surface area contributed by atoms with E-state index in [2.05, 4.69) is 4.72 Å². The van der Waals surface area contributed by atoms with Gasteiger partial charge in [0.25, 0.3) is 5.91 Å². The number of likely N-dealkylation sites (tertiary alicyclic amines) is 1. The third-order valence-electron chi connectivity index (χ3n) is 5.63. The van der Waals surface area contributed by atoms with E-state index < -0.39 is 16.1 Å². The monoisotopic (exact) mass is 460 g/mol. The average Bonchev–Trinajstić information content (AvgIpc) is 3.32. The van der Waals surface area contributed by atoms with Crippen LogP contribution >= 0.6 is 0 Å². The van der Waals surface area contributed by atoms with Crippen LogP contribution in [0.4, 0.5) is 0 Å². The zero-order valence-electron chi connectivity index (χ0n) is 19.1. The van der Waals surface area contributed by atoms with E-state index in [0.29, 0.717) is 31.0 Å². The lowest BCUT2D eigenvalue weighted by Crippen LogP contribution is -2.31. The lowest BCUT2D eigenvalue weighted by atomic mass is 9.98. The summed E-state index contributed by atoms with van der Waals surface area (Å²) in [6, 6.07) is 11.4. The number of sulfonamides is 1. The van der Waals surface area contributed by atoms with Gasteiger partial charge in [0.1, 0.15) is 11.5 Å². The van der Waals surface area contributed by atoms with E-state index in [4.69, 9.17) is 9.47 Å². The molecule has 2 aromatic carbocycles. The topological polar surface area (TPSA) is 84.9 Å². The fourth-order valence-corrected chi connectivity index (χ4v) is 5.19. The maximum absolute atomic E-state index is 13.3. The summed E-state index contributed by atoms with van der Waals surface area (Å²) < 4.78 is 40.0. The maximum Gasteiger partial charge on any atom is 0.257 e. The van der Waals surface area contributed by atoms with Crippen LogP contribution in [0.5, 0.6) is 11.5 Å². The van der Waals surface area contributed by atoms with E-state index in [9.17, 15) is 13.2 Å². The Morgan fingerprint density at radius 2 is 1.69 bits per heavy atom. The standard InChI is InChI=1S/C24H32N2O5S/c1-17(2)15-22(18-7-9-19(30-3)10-8-18)25-32(28,29)20-11-12-23(31-4)21(16-20)24(27)26-13-5-6-14-26/h7-12,16-17,22,25H,5-6,13-15H2,1-4H3/t22-/m0/s1. The highest BCUT2D eigenvalue weighted by Gasteiger charge is 2.27. The molecule has 0 saturated carbocycles. The number of ether oxygens (including phenoxy) is 2. The first-order valence-electron chi connectivity index (χ1n) is 10.9. The number of nitrogens with one attached hydrogen (secondary N) is 1. The van der Waals surface area contributed by atoms with Crippen molar-refractivity contribution in [2.45, 2.75) is 44.0 Å². The Labute approximate surface area is 190 Å². The minimum atomic E-state index is -3.88. The van der Waals surface area contributed by atoms with Crippen LogP contribution in [0.25, 0.3) is 0 Å². The summed E-state index contributed by atoms with van der Waals surface area (Å²) in [5.74, 6) is 1.15. The molecule has 0 spiro atoms. The van der Waals surface area contributed by atoms with Gasteiger partial charge in [0.2, 0.25) is 10.0 Å². The molecule has 0 unspecified atom stereocenters. The van der Waals surface area contributed by atoms with Crippen molar-refractivity contribution in [1.82, 2.24) is 9.62 Å². The number of carbonyl (C=O) groups is 1. The maximum atomic E-state index is 13.3. The zero-order valence-corrected chi connectivity index (χ0v) is 19.9. The summed E-state index contributed by atoms with van der Waals surface area (Å²) in [6.45, 7) is 5.44. The normalized spacial score (nSPS) is 15.1. The van der Waals surface area contributed by atoms with Crippen molar-refractivity contribution >= 4 is 15.9 Å². The van der Waals surface area contributed by atoms with E-state index in [0.717, 1.165) is 18.4 Å². The predicted molar refractivity (Wildman–Crippen MR) is 124 cm³/mol. The predicted octanol–water partition coefficient (Wildman–Crippen LogP) is 4.01. The van der Waals surface area contributed by atoms with Crippen LogP contribution in [0.15, 0.2) is 47.4 Å². The molecule has 1 N–H and O–H groups in total. The van der Waals surface area contributed by atoms with Crippen LogP contribution in [0, 0.1) is 5.92 Å². The van der Waals surface area contributed by atoms with Gasteiger partial charge in [0, 0.05) is 19.1 Å². The average molecular weight is 461 g/mol. The van der Waals surface area contributed by atoms with E-state index in [1.807, 2.05) is 38.1 Å². The lowest BCUT2D eigenvalue weighted by molar-refractivity contribution is 0.0789. The Hall–Kier alpha value is -2.58. The molecule has 8 heteroatoms. The molecule has 7 nitrogen and oxygen atoms in total. The highest BCUT2D eigenvalue weighted by Crippen LogP contribution is 2.29. The quantitative estimate of drug-likeness (QED) is 0.611. The molecule has 3 rings (SSSR count). The molecule has 1 atom stereocenters. The lowest BCUT2D eigenvalue weighted by Gasteiger charge is -2.22. The molecule has 1 aliphatic heterocycles. The molecule has 0 radical (unpaired) electrons. The molecule has 1 fully saturated rings. The van der Waals surface area contributed by atoms with Crippen molar-refractivity contribution in [3.05, 3.63) is 53.6 Å². The fourth-order valence-electron chi connectivity index (χ4n) is 3.93. The van der Waals surface area contributed by atoms with Crippen molar-refractivity contribution in [1.29, 1.82) is 0 Å². The van der Waals surface area contributed by atoms with Gasteiger partial charge in [-0.25, -0.2) is 13.1 Å². The number of hydrogen-bond donors (Lipinski definition) is 1. The second-order valence-electron chi connectivity index (χ2n) is 8.44. The molecular formula is C24H32N2O5S. The summed E-state index contributed by atoms with van der Waals surface area (Å²) in [4.78, 5) is 14.8. The molecule has 0 aliphatic carbocycles. The molecule has 32 heavy (non-hydrogen) atoms. The van der Waals surface area contributed by atoms with Gasteiger partial charge in [-0.1, -0.05) is 26.0 Å². The van der Waals surface area contributed by atoms with Crippen LogP contribution in [0.1, 0.15) is 55.1 Å². The van der Waals surface area contributed by atoms with Crippen LogP contribution in [0.2, 0.25) is 0 Å². The summed E-state index contributed by atoms with van der Waals surface area (Å²) >= 11 is 0. The van der Waals surface area contributed by atoms with Crippen LogP contribution in [-0.2, 0) is 10.0 Å². The second kappa shape index (κ2) is 10.4. The van der Waals surface area contributed by atoms with Crippen LogP contribution in [-0.4, -0.2) is 46.5 Å². The number of hydrogen-bond acceptors (Lipinski definition) is 5. The van der Waals surface area contributed by atoms with E-state index in [1.165, 1.54) is 19.2 Å². The third kappa shape index (κ3) is 5.61. The molecule has 1 aliphatic rings. The third-order valence-corrected chi connectivity index (χ3v) is 7.10. The van der Waals surface area contributed by atoms with Crippen molar-refractivity contribution in [3.63, 3.8) is 0 Å². The zero-order chi connectivity index (χ0) is 23.3. The Morgan fingerprint density at radius 1 is 1.03 bits per heavy atom. The molecule has 0 aromatic heterocycles. The first-order valence-corrected chi connectivity index (χ1v) is 12.4. The van der Waals surface area contributed by atoms with Crippen LogP contribution < -0.4 is 14.2 Å². The Bertz CT molecular complexity index is 1030. The van der Waals surface area contributed by atoms with Gasteiger partial charge in [0.05, 0.1) is 24.7 Å². The van der Waals surface area contributed by atoms with Gasteiger partial charge in [-0.2, -0.15) is 0 Å². The smallest absolute Gasteiger partial charge is 0.257 e. The Morgan fingerprint density at radius 3 is 2.25 bits per heavy atom. The Kier molecular flexibility index (Phi) is 7.79. The van der Waals surface area contributed by atoms with E-state index >= 15 is 0 Å². The first-order chi connectivity index (χ1) is 15.2. The minimum absolute atomic E-state index is 0.0446.